The van der Waals surface area contributed by atoms with Gasteiger partial charge in [-0.2, -0.15) is 0 Å². The highest BCUT2D eigenvalue weighted by Crippen LogP contribution is 2.27. The second-order valence-electron chi connectivity index (χ2n) is 5.17. The van der Waals surface area contributed by atoms with Crippen molar-refractivity contribution in [1.82, 2.24) is 0 Å². The van der Waals surface area contributed by atoms with Gasteiger partial charge in [0.25, 0.3) is 5.69 Å². The first-order valence-electron chi connectivity index (χ1n) is 6.70. The summed E-state index contributed by atoms with van der Waals surface area (Å²) in [6.45, 7) is 1.49. The van der Waals surface area contributed by atoms with E-state index in [1.165, 1.54) is 13.0 Å². The van der Waals surface area contributed by atoms with E-state index in [0.717, 1.165) is 12.1 Å². The lowest BCUT2D eigenvalue weighted by molar-refractivity contribution is -0.385. The van der Waals surface area contributed by atoms with Gasteiger partial charge < -0.3 is 30.5 Å². The third-order valence-corrected chi connectivity index (χ3v) is 3.59. The van der Waals surface area contributed by atoms with Crippen LogP contribution in [-0.2, 0) is 4.74 Å². The van der Waals surface area contributed by atoms with Crippen molar-refractivity contribution in [2.45, 2.75) is 37.6 Å². The van der Waals surface area contributed by atoms with Gasteiger partial charge in [-0.05, 0) is 19.1 Å². The Hall–Kier alpha value is -2.27. The Kier molecular flexibility index (Phi) is 4.80. The molecule has 0 aromatic heterocycles. The SMILES string of the molecule is CC1OC(Nc2ccc(C(=O)O)c([N+](=O)[O-])c2)C(O)C(O)C1O. The number of ether oxygens (including phenoxy) is 1. The number of nitrogens with one attached hydrogen (secondary N) is 1. The molecule has 0 saturated carbocycles. The fourth-order valence-electron chi connectivity index (χ4n) is 2.29. The average molecular weight is 328 g/mol. The molecule has 23 heavy (non-hydrogen) atoms. The fraction of sp³-hybridized carbons (Fsp3) is 0.462. The maximum absolute atomic E-state index is 11.0. The maximum atomic E-state index is 11.0. The molecule has 0 bridgehead atoms. The molecule has 5 atom stereocenters. The van der Waals surface area contributed by atoms with Gasteiger partial charge in [-0.25, -0.2) is 4.79 Å². The molecule has 126 valence electrons. The number of carboxylic acid groups (broad SMARTS) is 1. The molecule has 0 aliphatic carbocycles. The Labute approximate surface area is 130 Å². The number of nitro benzene ring substituents is 1. The van der Waals surface area contributed by atoms with Gasteiger partial charge in [0.2, 0.25) is 0 Å². The van der Waals surface area contributed by atoms with Crippen molar-refractivity contribution in [2.75, 3.05) is 5.32 Å². The van der Waals surface area contributed by atoms with Gasteiger partial charge in [0.1, 0.15) is 23.9 Å². The lowest BCUT2D eigenvalue weighted by atomic mass is 9.99. The van der Waals surface area contributed by atoms with Crippen LogP contribution in [0.4, 0.5) is 11.4 Å². The van der Waals surface area contributed by atoms with E-state index in [4.69, 9.17) is 9.84 Å². The van der Waals surface area contributed by atoms with Gasteiger partial charge in [0.05, 0.1) is 11.0 Å². The van der Waals surface area contributed by atoms with Crippen LogP contribution in [-0.4, -0.2) is 62.0 Å². The Balaban J connectivity index is 2.25. The number of aliphatic hydroxyl groups is 3. The summed E-state index contributed by atoms with van der Waals surface area (Å²) in [5.41, 5.74) is -0.975. The van der Waals surface area contributed by atoms with Crippen LogP contribution in [0.2, 0.25) is 0 Å². The molecule has 1 aliphatic heterocycles. The smallest absolute Gasteiger partial charge is 0.342 e. The van der Waals surface area contributed by atoms with Crippen molar-refractivity contribution >= 4 is 17.3 Å². The molecule has 1 aromatic carbocycles. The Morgan fingerprint density at radius 1 is 1.26 bits per heavy atom. The first kappa shape index (κ1) is 17.1. The third kappa shape index (κ3) is 3.40. The number of carbonyl (C=O) groups is 1. The Morgan fingerprint density at radius 2 is 1.91 bits per heavy atom. The molecule has 10 heteroatoms. The molecule has 0 spiro atoms. The molecule has 5 unspecified atom stereocenters. The van der Waals surface area contributed by atoms with Crippen molar-refractivity contribution in [3.8, 4) is 0 Å². The number of nitrogens with zero attached hydrogens (tertiary/aromatic N) is 1. The van der Waals surface area contributed by atoms with E-state index < -0.39 is 52.8 Å². The lowest BCUT2D eigenvalue weighted by Gasteiger charge is -2.39. The van der Waals surface area contributed by atoms with Crippen LogP contribution in [0.3, 0.4) is 0 Å². The lowest BCUT2D eigenvalue weighted by Crippen LogP contribution is -2.58. The molecule has 1 aliphatic rings. The minimum atomic E-state index is -1.47. The van der Waals surface area contributed by atoms with Crippen LogP contribution < -0.4 is 5.32 Å². The molecule has 1 aromatic rings. The number of hydrogen-bond acceptors (Lipinski definition) is 8. The molecule has 1 fully saturated rings. The van der Waals surface area contributed by atoms with E-state index in [2.05, 4.69) is 5.32 Å². The molecule has 1 heterocycles. The van der Waals surface area contributed by atoms with Crippen molar-refractivity contribution in [3.05, 3.63) is 33.9 Å². The number of benzene rings is 1. The van der Waals surface area contributed by atoms with Crippen molar-refractivity contribution in [3.63, 3.8) is 0 Å². The molecular weight excluding hydrogens is 312 g/mol. The zero-order valence-corrected chi connectivity index (χ0v) is 12.0. The van der Waals surface area contributed by atoms with Crippen LogP contribution in [0.25, 0.3) is 0 Å². The van der Waals surface area contributed by atoms with Crippen LogP contribution in [0.1, 0.15) is 17.3 Å². The van der Waals surface area contributed by atoms with Gasteiger partial charge >= 0.3 is 5.97 Å². The quantitative estimate of drug-likeness (QED) is 0.363. The number of hydrogen-bond donors (Lipinski definition) is 5. The molecule has 2 rings (SSSR count). The van der Waals surface area contributed by atoms with Crippen LogP contribution in [0, 0.1) is 10.1 Å². The maximum Gasteiger partial charge on any atom is 0.342 e. The first-order chi connectivity index (χ1) is 10.7. The highest BCUT2D eigenvalue weighted by Gasteiger charge is 2.41. The molecule has 10 nitrogen and oxygen atoms in total. The van der Waals surface area contributed by atoms with E-state index >= 15 is 0 Å². The van der Waals surface area contributed by atoms with E-state index in [-0.39, 0.29) is 5.69 Å². The summed E-state index contributed by atoms with van der Waals surface area (Å²) in [5.74, 6) is -1.44. The third-order valence-electron chi connectivity index (χ3n) is 3.59. The topological polar surface area (TPSA) is 162 Å². The Morgan fingerprint density at radius 3 is 2.48 bits per heavy atom. The highest BCUT2D eigenvalue weighted by molar-refractivity contribution is 5.93. The Bertz CT molecular complexity index is 622. The average Bonchev–Trinajstić information content (AvgIpc) is 2.50. The second-order valence-corrected chi connectivity index (χ2v) is 5.17. The molecule has 1 saturated heterocycles. The van der Waals surface area contributed by atoms with E-state index in [1.807, 2.05) is 0 Å². The van der Waals surface area contributed by atoms with Crippen molar-refractivity contribution in [2.24, 2.45) is 0 Å². The number of nitro groups is 1. The fourth-order valence-corrected chi connectivity index (χ4v) is 2.29. The summed E-state index contributed by atoms with van der Waals surface area (Å²) >= 11 is 0. The summed E-state index contributed by atoms with van der Waals surface area (Å²) in [5, 5.41) is 51.7. The summed E-state index contributed by atoms with van der Waals surface area (Å²) in [7, 11) is 0. The molecule has 5 N–H and O–H groups in total. The van der Waals surface area contributed by atoms with Crippen molar-refractivity contribution in [1.29, 1.82) is 0 Å². The minimum Gasteiger partial charge on any atom is -0.477 e. The zero-order chi connectivity index (χ0) is 17.3. The first-order valence-corrected chi connectivity index (χ1v) is 6.70. The predicted octanol–water partition coefficient (Wildman–Crippen LogP) is -0.468. The normalized spacial score (nSPS) is 30.7. The standard InChI is InChI=1S/C13H16N2O8/c1-5-9(16)10(17)11(18)12(23-5)14-6-2-3-7(13(19)20)8(4-6)15(21)22/h2-5,9-12,14,16-18H,1H3,(H,19,20). The monoisotopic (exact) mass is 328 g/mol. The predicted molar refractivity (Wildman–Crippen MR) is 76.0 cm³/mol. The van der Waals surface area contributed by atoms with Gasteiger partial charge in [-0.15, -0.1) is 0 Å². The minimum absolute atomic E-state index is 0.126. The van der Waals surface area contributed by atoms with Gasteiger partial charge in [-0.3, -0.25) is 10.1 Å². The summed E-state index contributed by atoms with van der Waals surface area (Å²) in [4.78, 5) is 21.1. The molecule has 0 radical (unpaired) electrons. The van der Waals surface area contributed by atoms with E-state index in [1.54, 1.807) is 0 Å². The second kappa shape index (κ2) is 6.46. The largest absolute Gasteiger partial charge is 0.477 e. The number of anilines is 1. The van der Waals surface area contributed by atoms with Gasteiger partial charge in [0, 0.05) is 11.8 Å². The van der Waals surface area contributed by atoms with Gasteiger partial charge in [-0.1, -0.05) is 0 Å². The molecular formula is C13H16N2O8. The number of carboxylic acids is 1. The highest BCUT2D eigenvalue weighted by atomic mass is 16.6. The van der Waals surface area contributed by atoms with E-state index in [0.29, 0.717) is 0 Å². The molecule has 0 amide bonds. The van der Waals surface area contributed by atoms with Gasteiger partial charge in [0.15, 0.2) is 6.23 Å². The van der Waals surface area contributed by atoms with Crippen LogP contribution in [0.15, 0.2) is 18.2 Å². The van der Waals surface area contributed by atoms with Crippen molar-refractivity contribution < 1.29 is 34.9 Å². The van der Waals surface area contributed by atoms with Crippen LogP contribution in [0.5, 0.6) is 0 Å². The number of rotatable bonds is 4. The number of aliphatic hydroxyl groups excluding tert-OH is 3. The zero-order valence-electron chi connectivity index (χ0n) is 12.0. The summed E-state index contributed by atoms with van der Waals surface area (Å²) in [6.07, 6.45) is -6.10. The summed E-state index contributed by atoms with van der Waals surface area (Å²) in [6, 6.07) is 3.31. The number of aromatic carboxylic acids is 1. The van der Waals surface area contributed by atoms with E-state index in [9.17, 15) is 30.2 Å². The summed E-state index contributed by atoms with van der Waals surface area (Å²) < 4.78 is 5.31. The van der Waals surface area contributed by atoms with Crippen LogP contribution >= 0.6 is 0 Å².